The molecule has 158 valence electrons. The Bertz CT molecular complexity index is 997. The molecule has 0 N–H and O–H groups in total. The minimum atomic E-state index is -0.0723. The molecule has 3 aliphatic rings. The molecule has 8 nitrogen and oxygen atoms in total. The number of rotatable bonds is 3. The lowest BCUT2D eigenvalue weighted by atomic mass is 9.83. The van der Waals surface area contributed by atoms with E-state index in [-0.39, 0.29) is 23.3 Å². The molecule has 2 bridgehead atoms. The lowest BCUT2D eigenvalue weighted by Crippen LogP contribution is -2.49. The number of aromatic nitrogens is 3. The van der Waals surface area contributed by atoms with Gasteiger partial charge in [0.2, 0.25) is 0 Å². The van der Waals surface area contributed by atoms with Gasteiger partial charge < -0.3 is 14.2 Å². The number of hydrogen-bond donors (Lipinski definition) is 0. The van der Waals surface area contributed by atoms with E-state index < -0.39 is 0 Å². The lowest BCUT2D eigenvalue weighted by molar-refractivity contribution is 0.0338. The van der Waals surface area contributed by atoms with Crippen molar-refractivity contribution in [2.75, 3.05) is 39.4 Å². The van der Waals surface area contributed by atoms with Crippen LogP contribution in [-0.2, 0) is 17.8 Å². The number of pyridine rings is 1. The first-order chi connectivity index (χ1) is 14.6. The first-order valence-corrected chi connectivity index (χ1v) is 10.7. The number of fused-ring (bicyclic) bond motifs is 4. The summed E-state index contributed by atoms with van der Waals surface area (Å²) in [5.74, 6) is 0.400. The van der Waals surface area contributed by atoms with Crippen LogP contribution in [0, 0.1) is 12.8 Å². The minimum Gasteiger partial charge on any atom is -0.379 e. The van der Waals surface area contributed by atoms with E-state index in [9.17, 15) is 9.59 Å². The normalized spacial score (nSPS) is 23.8. The number of piperidine rings is 1. The Morgan fingerprint density at radius 2 is 1.97 bits per heavy atom. The predicted octanol–water partition coefficient (Wildman–Crippen LogP) is 1.04. The van der Waals surface area contributed by atoms with Crippen LogP contribution in [0.4, 0.5) is 0 Å². The topological polar surface area (TPSA) is 80.6 Å². The van der Waals surface area contributed by atoms with Crippen LogP contribution in [0.15, 0.2) is 29.3 Å². The number of likely N-dealkylation sites (tertiary alicyclic amines) is 1. The highest BCUT2D eigenvalue weighted by Crippen LogP contribution is 2.35. The molecule has 2 atom stereocenters. The summed E-state index contributed by atoms with van der Waals surface area (Å²) in [5, 5.41) is 0. The van der Waals surface area contributed by atoms with E-state index in [0.29, 0.717) is 31.9 Å². The fourth-order valence-corrected chi connectivity index (χ4v) is 4.94. The van der Waals surface area contributed by atoms with Gasteiger partial charge in [-0.2, -0.15) is 0 Å². The number of morpholine rings is 1. The second kappa shape index (κ2) is 7.92. The summed E-state index contributed by atoms with van der Waals surface area (Å²) in [6, 6.07) is 4.08. The molecular weight excluding hydrogens is 382 g/mol. The van der Waals surface area contributed by atoms with Crippen LogP contribution in [0.2, 0.25) is 0 Å². The van der Waals surface area contributed by atoms with Gasteiger partial charge in [0.15, 0.2) is 0 Å². The van der Waals surface area contributed by atoms with Crippen molar-refractivity contribution in [3.8, 4) is 0 Å². The van der Waals surface area contributed by atoms with Crippen molar-refractivity contribution >= 4 is 5.91 Å². The maximum absolute atomic E-state index is 13.2. The fourth-order valence-electron chi connectivity index (χ4n) is 4.94. The standard InChI is InChI=1S/C22H27N5O3/c1-15-9-24-19(10-23-15)22(29)26-11-16-8-18(14-26)20-3-2-17(21(28)27(20)12-16)13-25-4-6-30-7-5-25/h2-3,9-10,16,18H,4-8,11-14H2,1H3/t16-,18+/m0/s1. The van der Waals surface area contributed by atoms with Crippen molar-refractivity contribution in [2.45, 2.75) is 32.4 Å². The van der Waals surface area contributed by atoms with Crippen LogP contribution in [0.5, 0.6) is 0 Å². The Balaban J connectivity index is 1.36. The first-order valence-electron chi connectivity index (χ1n) is 10.7. The third kappa shape index (κ3) is 3.65. The number of aryl methyl sites for hydroxylation is 1. The summed E-state index contributed by atoms with van der Waals surface area (Å²) in [6.07, 6.45) is 4.20. The highest BCUT2D eigenvalue weighted by molar-refractivity contribution is 5.92. The summed E-state index contributed by atoms with van der Waals surface area (Å²) in [6.45, 7) is 7.67. The summed E-state index contributed by atoms with van der Waals surface area (Å²) in [5.41, 5.74) is 3.21. The van der Waals surface area contributed by atoms with Gasteiger partial charge in [-0.15, -0.1) is 0 Å². The number of nitrogens with zero attached hydrogens (tertiary/aromatic N) is 5. The molecule has 2 aromatic rings. The highest BCUT2D eigenvalue weighted by Gasteiger charge is 2.37. The molecule has 5 rings (SSSR count). The molecule has 0 radical (unpaired) electrons. The zero-order chi connectivity index (χ0) is 20.7. The zero-order valence-electron chi connectivity index (χ0n) is 17.3. The molecule has 0 saturated carbocycles. The van der Waals surface area contributed by atoms with Crippen LogP contribution >= 0.6 is 0 Å². The predicted molar refractivity (Wildman–Crippen MR) is 110 cm³/mol. The van der Waals surface area contributed by atoms with E-state index >= 15 is 0 Å². The molecule has 0 spiro atoms. The first kappa shape index (κ1) is 19.4. The molecule has 2 fully saturated rings. The van der Waals surface area contributed by atoms with Crippen molar-refractivity contribution in [1.82, 2.24) is 24.3 Å². The molecule has 5 heterocycles. The van der Waals surface area contributed by atoms with E-state index in [0.717, 1.165) is 49.7 Å². The molecular formula is C22H27N5O3. The quantitative estimate of drug-likeness (QED) is 0.754. The Hall–Kier alpha value is -2.58. The van der Waals surface area contributed by atoms with Crippen molar-refractivity contribution in [1.29, 1.82) is 0 Å². The monoisotopic (exact) mass is 409 g/mol. The van der Waals surface area contributed by atoms with Gasteiger partial charge in [0.05, 0.1) is 25.1 Å². The van der Waals surface area contributed by atoms with Crippen LogP contribution < -0.4 is 5.56 Å². The van der Waals surface area contributed by atoms with Gasteiger partial charge in [-0.05, 0) is 25.3 Å². The van der Waals surface area contributed by atoms with E-state index in [1.807, 2.05) is 22.5 Å². The number of ether oxygens (including phenoxy) is 1. The molecule has 2 saturated heterocycles. The van der Waals surface area contributed by atoms with Gasteiger partial charge in [0.25, 0.3) is 11.5 Å². The van der Waals surface area contributed by atoms with Crippen LogP contribution in [0.1, 0.15) is 39.8 Å². The molecule has 8 heteroatoms. The molecule has 3 aliphatic heterocycles. The van der Waals surface area contributed by atoms with Crippen molar-refractivity contribution < 1.29 is 9.53 Å². The molecule has 0 aliphatic carbocycles. The van der Waals surface area contributed by atoms with E-state index in [2.05, 4.69) is 20.9 Å². The second-order valence-electron chi connectivity index (χ2n) is 8.64. The van der Waals surface area contributed by atoms with Gasteiger partial charge in [0.1, 0.15) is 5.69 Å². The third-order valence-corrected chi connectivity index (χ3v) is 6.47. The molecule has 30 heavy (non-hydrogen) atoms. The van der Waals surface area contributed by atoms with Gasteiger partial charge in [-0.1, -0.05) is 6.07 Å². The molecule has 1 amide bonds. The Morgan fingerprint density at radius 1 is 1.13 bits per heavy atom. The Morgan fingerprint density at radius 3 is 2.73 bits per heavy atom. The summed E-state index contributed by atoms with van der Waals surface area (Å²) < 4.78 is 7.37. The smallest absolute Gasteiger partial charge is 0.274 e. The zero-order valence-corrected chi connectivity index (χ0v) is 17.3. The number of hydrogen-bond acceptors (Lipinski definition) is 6. The average molecular weight is 409 g/mol. The summed E-state index contributed by atoms with van der Waals surface area (Å²) >= 11 is 0. The molecule has 2 aromatic heterocycles. The minimum absolute atomic E-state index is 0.0723. The number of carbonyl (C=O) groups excluding carboxylic acids is 1. The maximum Gasteiger partial charge on any atom is 0.274 e. The van der Waals surface area contributed by atoms with E-state index in [4.69, 9.17) is 4.74 Å². The van der Waals surface area contributed by atoms with Crippen molar-refractivity contribution in [2.24, 2.45) is 5.92 Å². The fraction of sp³-hybridized carbons (Fsp3) is 0.545. The summed E-state index contributed by atoms with van der Waals surface area (Å²) in [7, 11) is 0. The van der Waals surface area contributed by atoms with E-state index in [1.54, 1.807) is 12.4 Å². The van der Waals surface area contributed by atoms with Gasteiger partial charge in [-0.25, -0.2) is 4.98 Å². The SMILES string of the molecule is Cc1cnc(C(=O)N2C[C@@H]3C[C@H](C2)c2ccc(CN4CCOCC4)c(=O)n2C3)cn1. The Labute approximate surface area is 175 Å². The van der Waals surface area contributed by atoms with Gasteiger partial charge in [0, 0.05) is 62.6 Å². The van der Waals surface area contributed by atoms with Crippen molar-refractivity contribution in [3.05, 3.63) is 57.5 Å². The van der Waals surface area contributed by atoms with Crippen LogP contribution in [0.3, 0.4) is 0 Å². The largest absolute Gasteiger partial charge is 0.379 e. The molecule has 0 aromatic carbocycles. The summed E-state index contributed by atoms with van der Waals surface area (Å²) in [4.78, 5) is 38.7. The second-order valence-corrected chi connectivity index (χ2v) is 8.64. The van der Waals surface area contributed by atoms with Gasteiger partial charge in [-0.3, -0.25) is 19.5 Å². The molecule has 0 unspecified atom stereocenters. The lowest BCUT2D eigenvalue weighted by Gasteiger charge is -2.42. The number of amides is 1. The van der Waals surface area contributed by atoms with Gasteiger partial charge >= 0.3 is 0 Å². The van der Waals surface area contributed by atoms with E-state index in [1.165, 1.54) is 0 Å². The third-order valence-electron chi connectivity index (χ3n) is 6.47. The number of carbonyl (C=O) groups is 1. The highest BCUT2D eigenvalue weighted by atomic mass is 16.5. The van der Waals surface area contributed by atoms with Crippen molar-refractivity contribution in [3.63, 3.8) is 0 Å². The maximum atomic E-state index is 13.2. The Kier molecular flexibility index (Phi) is 5.12. The van der Waals surface area contributed by atoms with Crippen LogP contribution in [-0.4, -0.2) is 69.6 Å². The van der Waals surface area contributed by atoms with Crippen LogP contribution in [0.25, 0.3) is 0 Å². The average Bonchev–Trinajstić information content (AvgIpc) is 2.77.